The van der Waals surface area contributed by atoms with Gasteiger partial charge in [-0.15, -0.1) is 0 Å². The van der Waals surface area contributed by atoms with Crippen LogP contribution in [0.15, 0.2) is 36.7 Å². The molecule has 5 heteroatoms. The Labute approximate surface area is 142 Å². The van der Waals surface area contributed by atoms with Gasteiger partial charge in [-0.05, 0) is 30.4 Å². The highest BCUT2D eigenvalue weighted by molar-refractivity contribution is 5.85. The van der Waals surface area contributed by atoms with Gasteiger partial charge in [-0.1, -0.05) is 24.3 Å². The summed E-state index contributed by atoms with van der Waals surface area (Å²) in [4.78, 5) is 19.9. The molecule has 2 aliphatic rings. The predicted octanol–water partition coefficient (Wildman–Crippen LogP) is 2.01. The summed E-state index contributed by atoms with van der Waals surface area (Å²) in [5.74, 6) is 1.21. The Hall–Kier alpha value is -2.14. The number of carbonyl (C=O) groups excluding carboxylic acids is 1. The normalized spacial score (nSPS) is 23.8. The maximum Gasteiger partial charge on any atom is 0.230 e. The first kappa shape index (κ1) is 15.4. The van der Waals surface area contributed by atoms with Crippen molar-refractivity contribution < 1.29 is 4.79 Å². The molecule has 1 aliphatic heterocycles. The van der Waals surface area contributed by atoms with Crippen LogP contribution in [0, 0.1) is 0 Å². The quantitative estimate of drug-likeness (QED) is 0.919. The first-order valence-corrected chi connectivity index (χ1v) is 8.82. The summed E-state index contributed by atoms with van der Waals surface area (Å²) < 4.78 is 2.02. The summed E-state index contributed by atoms with van der Waals surface area (Å²) in [5, 5.41) is 3.41. The van der Waals surface area contributed by atoms with Crippen LogP contribution in [-0.4, -0.2) is 40.0 Å². The molecule has 0 saturated carbocycles. The minimum Gasteiger partial charge on any atom is -0.336 e. The standard InChI is InChI=1S/C19H24N4O/c1-22-11-10-21-18(22)17-13-20-9-12-23(17)19(24)16-8-4-6-14-5-2-3-7-15(14)16/h2-3,5,7,10-11,16-17,20H,4,6,8-9,12-13H2,1H3. The molecule has 1 fully saturated rings. The number of fused-ring (bicyclic) bond motifs is 1. The number of nitrogens with zero attached hydrogens (tertiary/aromatic N) is 3. The van der Waals surface area contributed by atoms with E-state index in [0.29, 0.717) is 0 Å². The average Bonchev–Trinajstić information content (AvgIpc) is 3.06. The summed E-state index contributed by atoms with van der Waals surface area (Å²) in [6, 6.07) is 8.45. The maximum atomic E-state index is 13.4. The van der Waals surface area contributed by atoms with Crippen molar-refractivity contribution in [3.05, 3.63) is 53.6 Å². The van der Waals surface area contributed by atoms with Crippen LogP contribution in [0.5, 0.6) is 0 Å². The SMILES string of the molecule is Cn1ccnc1C1CNCCN1C(=O)C1CCCc2ccccc21. The van der Waals surface area contributed by atoms with E-state index in [9.17, 15) is 4.79 Å². The Kier molecular flexibility index (Phi) is 4.10. The summed E-state index contributed by atoms with van der Waals surface area (Å²) in [6.07, 6.45) is 6.88. The van der Waals surface area contributed by atoms with E-state index in [1.165, 1.54) is 11.1 Å². The van der Waals surface area contributed by atoms with E-state index < -0.39 is 0 Å². The van der Waals surface area contributed by atoms with Crippen molar-refractivity contribution in [2.24, 2.45) is 7.05 Å². The Morgan fingerprint density at radius 2 is 2.21 bits per heavy atom. The largest absolute Gasteiger partial charge is 0.336 e. The summed E-state index contributed by atoms with van der Waals surface area (Å²) in [6.45, 7) is 2.36. The number of imidazole rings is 1. The molecule has 126 valence electrons. The molecule has 0 bridgehead atoms. The minimum atomic E-state index is -0.00387. The Balaban J connectivity index is 1.64. The molecule has 0 radical (unpaired) electrons. The predicted molar refractivity (Wildman–Crippen MR) is 92.7 cm³/mol. The number of amides is 1. The Morgan fingerprint density at radius 3 is 3.04 bits per heavy atom. The van der Waals surface area contributed by atoms with Crippen molar-refractivity contribution in [1.29, 1.82) is 0 Å². The number of aromatic nitrogens is 2. The van der Waals surface area contributed by atoms with Gasteiger partial charge in [0.05, 0.1) is 5.92 Å². The zero-order valence-corrected chi connectivity index (χ0v) is 14.1. The van der Waals surface area contributed by atoms with Crippen molar-refractivity contribution >= 4 is 5.91 Å². The summed E-state index contributed by atoms with van der Waals surface area (Å²) >= 11 is 0. The van der Waals surface area contributed by atoms with Crippen LogP contribution in [0.1, 0.15) is 41.8 Å². The highest BCUT2D eigenvalue weighted by atomic mass is 16.2. The molecule has 1 amide bonds. The van der Waals surface area contributed by atoms with E-state index >= 15 is 0 Å². The van der Waals surface area contributed by atoms with Crippen molar-refractivity contribution in [1.82, 2.24) is 19.8 Å². The van der Waals surface area contributed by atoms with E-state index in [4.69, 9.17) is 0 Å². The lowest BCUT2D eigenvalue weighted by Gasteiger charge is -2.39. The fourth-order valence-corrected chi connectivity index (χ4v) is 4.11. The van der Waals surface area contributed by atoms with Crippen LogP contribution >= 0.6 is 0 Å². The van der Waals surface area contributed by atoms with Gasteiger partial charge in [-0.3, -0.25) is 4.79 Å². The van der Waals surface area contributed by atoms with Gasteiger partial charge in [0.15, 0.2) is 0 Å². The molecular formula is C19H24N4O. The molecule has 2 heterocycles. The molecule has 1 saturated heterocycles. The van der Waals surface area contributed by atoms with Gasteiger partial charge < -0.3 is 14.8 Å². The lowest BCUT2D eigenvalue weighted by atomic mass is 9.81. The second-order valence-corrected chi connectivity index (χ2v) is 6.79. The summed E-state index contributed by atoms with van der Waals surface area (Å²) in [5.41, 5.74) is 2.57. The third-order valence-electron chi connectivity index (χ3n) is 5.35. The fraction of sp³-hybridized carbons (Fsp3) is 0.474. The lowest BCUT2D eigenvalue weighted by Crippen LogP contribution is -2.51. The molecule has 2 atom stereocenters. The third-order valence-corrected chi connectivity index (χ3v) is 5.35. The van der Waals surface area contributed by atoms with Gasteiger partial charge in [0.1, 0.15) is 11.9 Å². The molecule has 2 aromatic rings. The highest BCUT2D eigenvalue weighted by Crippen LogP contribution is 2.35. The average molecular weight is 324 g/mol. The zero-order valence-electron chi connectivity index (χ0n) is 14.1. The molecule has 1 aliphatic carbocycles. The van der Waals surface area contributed by atoms with E-state index in [1.54, 1.807) is 0 Å². The fourth-order valence-electron chi connectivity index (χ4n) is 4.11. The Bertz CT molecular complexity index is 738. The van der Waals surface area contributed by atoms with Crippen LogP contribution in [0.4, 0.5) is 0 Å². The second-order valence-electron chi connectivity index (χ2n) is 6.79. The van der Waals surface area contributed by atoms with Gasteiger partial charge in [0.2, 0.25) is 5.91 Å². The number of benzene rings is 1. The van der Waals surface area contributed by atoms with Crippen molar-refractivity contribution in [2.45, 2.75) is 31.2 Å². The van der Waals surface area contributed by atoms with Gasteiger partial charge in [-0.2, -0.15) is 0 Å². The van der Waals surface area contributed by atoms with Gasteiger partial charge in [0, 0.05) is 39.1 Å². The molecule has 1 aromatic carbocycles. The van der Waals surface area contributed by atoms with Gasteiger partial charge in [-0.25, -0.2) is 4.98 Å². The molecule has 1 N–H and O–H groups in total. The van der Waals surface area contributed by atoms with Crippen LogP contribution < -0.4 is 5.32 Å². The number of carbonyl (C=O) groups is 1. The topological polar surface area (TPSA) is 50.2 Å². The van der Waals surface area contributed by atoms with Crippen molar-refractivity contribution in [3.63, 3.8) is 0 Å². The number of piperazine rings is 1. The monoisotopic (exact) mass is 324 g/mol. The van der Waals surface area contributed by atoms with Crippen molar-refractivity contribution in [2.75, 3.05) is 19.6 Å². The lowest BCUT2D eigenvalue weighted by molar-refractivity contribution is -0.136. The highest BCUT2D eigenvalue weighted by Gasteiger charge is 2.36. The van der Waals surface area contributed by atoms with Crippen LogP contribution in [0.25, 0.3) is 0 Å². The smallest absolute Gasteiger partial charge is 0.230 e. The zero-order chi connectivity index (χ0) is 16.5. The Morgan fingerprint density at radius 1 is 1.33 bits per heavy atom. The van der Waals surface area contributed by atoms with E-state index in [1.807, 2.05) is 28.9 Å². The van der Waals surface area contributed by atoms with Crippen LogP contribution in [0.2, 0.25) is 0 Å². The number of rotatable bonds is 2. The van der Waals surface area contributed by atoms with E-state index in [2.05, 4.69) is 34.6 Å². The minimum absolute atomic E-state index is 0.00387. The second kappa shape index (κ2) is 6.40. The van der Waals surface area contributed by atoms with Crippen LogP contribution in [-0.2, 0) is 18.3 Å². The third kappa shape index (κ3) is 2.63. The van der Waals surface area contributed by atoms with Gasteiger partial charge in [0.25, 0.3) is 0 Å². The van der Waals surface area contributed by atoms with Crippen molar-refractivity contribution in [3.8, 4) is 0 Å². The van der Waals surface area contributed by atoms with E-state index in [0.717, 1.165) is 44.7 Å². The molecule has 4 rings (SSSR count). The first-order valence-electron chi connectivity index (χ1n) is 8.82. The number of nitrogens with one attached hydrogen (secondary N) is 1. The van der Waals surface area contributed by atoms with Crippen LogP contribution in [0.3, 0.4) is 0 Å². The number of aryl methyl sites for hydroxylation is 2. The van der Waals surface area contributed by atoms with Gasteiger partial charge >= 0.3 is 0 Å². The molecule has 1 aromatic heterocycles. The van der Waals surface area contributed by atoms with E-state index in [-0.39, 0.29) is 17.9 Å². The molecule has 2 unspecified atom stereocenters. The number of hydrogen-bond acceptors (Lipinski definition) is 3. The maximum absolute atomic E-state index is 13.4. The molecular weight excluding hydrogens is 300 g/mol. The molecule has 0 spiro atoms. The number of hydrogen-bond donors (Lipinski definition) is 1. The molecule has 5 nitrogen and oxygen atoms in total. The first-order chi connectivity index (χ1) is 11.8. The molecule has 24 heavy (non-hydrogen) atoms. The summed E-state index contributed by atoms with van der Waals surface area (Å²) in [7, 11) is 2.00.